The van der Waals surface area contributed by atoms with Crippen LogP contribution in [-0.4, -0.2) is 59.0 Å². The number of alkyl halides is 1. The molecule has 6 heteroatoms. The zero-order valence-corrected chi connectivity index (χ0v) is 7.72. The molecule has 0 aromatic heterocycles. The van der Waals surface area contributed by atoms with Crippen LogP contribution in [-0.2, 0) is 9.47 Å². The van der Waals surface area contributed by atoms with Crippen LogP contribution in [0, 0.1) is 0 Å². The molecule has 0 saturated carbocycles. The van der Waals surface area contributed by atoms with E-state index in [1.54, 1.807) is 0 Å². The van der Waals surface area contributed by atoms with Crippen LogP contribution in [0.15, 0.2) is 0 Å². The Labute approximate surface area is 80.8 Å². The Bertz CT molecular complexity index is 154. The molecular weight excluding hydrogens is 200 g/mol. The lowest BCUT2D eigenvalue weighted by atomic mass is 10.1. The summed E-state index contributed by atoms with van der Waals surface area (Å²) >= 11 is 5.36. The summed E-state index contributed by atoms with van der Waals surface area (Å²) in [4.78, 5) is 0. The maximum Gasteiger partial charge on any atom is 0.186 e. The summed E-state index contributed by atoms with van der Waals surface area (Å²) in [5.74, 6) is 0.283. The molecule has 0 radical (unpaired) electrons. The van der Waals surface area contributed by atoms with Crippen molar-refractivity contribution in [1.82, 2.24) is 0 Å². The van der Waals surface area contributed by atoms with Gasteiger partial charge in [-0.3, -0.25) is 0 Å². The van der Waals surface area contributed by atoms with Gasteiger partial charge in [0, 0.05) is 5.88 Å². The molecule has 1 saturated heterocycles. The first-order valence-corrected chi connectivity index (χ1v) is 4.53. The molecule has 13 heavy (non-hydrogen) atoms. The molecule has 1 rings (SSSR count). The summed E-state index contributed by atoms with van der Waals surface area (Å²) in [5, 5.41) is 27.6. The van der Waals surface area contributed by atoms with Crippen molar-refractivity contribution in [2.75, 3.05) is 19.1 Å². The van der Waals surface area contributed by atoms with E-state index in [1.807, 2.05) is 0 Å². The van der Waals surface area contributed by atoms with E-state index in [0.717, 1.165) is 0 Å². The molecule has 0 aliphatic carbocycles. The van der Waals surface area contributed by atoms with Crippen molar-refractivity contribution in [3.8, 4) is 0 Å². The van der Waals surface area contributed by atoms with E-state index < -0.39 is 24.6 Å². The van der Waals surface area contributed by atoms with Crippen LogP contribution >= 0.6 is 11.6 Å². The molecule has 1 fully saturated rings. The van der Waals surface area contributed by atoms with Crippen molar-refractivity contribution >= 4 is 11.6 Å². The topological polar surface area (TPSA) is 79.2 Å². The average molecular weight is 213 g/mol. The number of aliphatic hydroxyl groups excluding tert-OH is 3. The summed E-state index contributed by atoms with van der Waals surface area (Å²) < 4.78 is 9.92. The van der Waals surface area contributed by atoms with Crippen LogP contribution in [0.4, 0.5) is 0 Å². The van der Waals surface area contributed by atoms with E-state index in [9.17, 15) is 10.2 Å². The first-order chi connectivity index (χ1) is 6.16. The van der Waals surface area contributed by atoms with Crippen molar-refractivity contribution < 1.29 is 24.8 Å². The Morgan fingerprint density at radius 3 is 2.62 bits per heavy atom. The lowest BCUT2D eigenvalue weighted by Crippen LogP contribution is -2.53. The largest absolute Gasteiger partial charge is 0.388 e. The highest BCUT2D eigenvalue weighted by atomic mass is 35.5. The third kappa shape index (κ3) is 2.77. The maximum atomic E-state index is 9.33. The monoisotopic (exact) mass is 212 g/mol. The first kappa shape index (κ1) is 11.2. The number of rotatable bonds is 3. The van der Waals surface area contributed by atoms with Crippen molar-refractivity contribution in [1.29, 1.82) is 0 Å². The van der Waals surface area contributed by atoms with Gasteiger partial charge in [0.1, 0.15) is 18.3 Å². The highest BCUT2D eigenvalue weighted by Crippen LogP contribution is 2.16. The summed E-state index contributed by atoms with van der Waals surface area (Å²) in [6.45, 7) is 0.178. The van der Waals surface area contributed by atoms with E-state index in [1.165, 1.54) is 0 Å². The zero-order valence-electron chi connectivity index (χ0n) is 6.97. The van der Waals surface area contributed by atoms with Gasteiger partial charge in [0.05, 0.1) is 13.2 Å². The number of aliphatic hydroxyl groups is 3. The molecule has 0 bridgehead atoms. The molecule has 5 nitrogen and oxygen atoms in total. The van der Waals surface area contributed by atoms with Gasteiger partial charge in [-0.1, -0.05) is 0 Å². The molecule has 0 amide bonds. The van der Waals surface area contributed by atoms with Crippen LogP contribution in [0.3, 0.4) is 0 Å². The maximum absolute atomic E-state index is 9.33. The van der Waals surface area contributed by atoms with E-state index in [0.29, 0.717) is 0 Å². The van der Waals surface area contributed by atoms with E-state index in [-0.39, 0.29) is 19.1 Å². The normalized spacial score (nSPS) is 40.6. The summed E-state index contributed by atoms with van der Waals surface area (Å²) in [5.41, 5.74) is 0. The van der Waals surface area contributed by atoms with Crippen LogP contribution in [0.2, 0.25) is 0 Å². The summed E-state index contributed by atoms with van der Waals surface area (Å²) in [7, 11) is 0. The lowest BCUT2D eigenvalue weighted by Gasteiger charge is -2.34. The molecule has 1 aliphatic heterocycles. The van der Waals surface area contributed by atoms with Crippen LogP contribution in [0.25, 0.3) is 0 Å². The Morgan fingerprint density at radius 2 is 2.00 bits per heavy atom. The molecule has 0 aromatic rings. The fourth-order valence-corrected chi connectivity index (χ4v) is 1.18. The molecule has 3 N–H and O–H groups in total. The minimum absolute atomic E-state index is 0.0504. The Kier molecular flexibility index (Phi) is 4.37. The van der Waals surface area contributed by atoms with Crippen molar-refractivity contribution in [3.63, 3.8) is 0 Å². The zero-order chi connectivity index (χ0) is 9.84. The van der Waals surface area contributed by atoms with Crippen LogP contribution in [0.5, 0.6) is 0 Å². The van der Waals surface area contributed by atoms with Gasteiger partial charge >= 0.3 is 0 Å². The van der Waals surface area contributed by atoms with Gasteiger partial charge in [0.25, 0.3) is 0 Å². The fraction of sp³-hybridized carbons (Fsp3) is 1.00. The van der Waals surface area contributed by atoms with Gasteiger partial charge in [0.15, 0.2) is 6.29 Å². The van der Waals surface area contributed by atoms with E-state index in [2.05, 4.69) is 0 Å². The molecule has 1 heterocycles. The smallest absolute Gasteiger partial charge is 0.186 e. The second-order valence-electron chi connectivity index (χ2n) is 2.81. The van der Waals surface area contributed by atoms with Crippen LogP contribution in [0.1, 0.15) is 0 Å². The van der Waals surface area contributed by atoms with Gasteiger partial charge in [-0.25, -0.2) is 0 Å². The van der Waals surface area contributed by atoms with Gasteiger partial charge < -0.3 is 24.8 Å². The molecular formula is C7H13ClO5. The summed E-state index contributed by atoms with van der Waals surface area (Å²) in [6, 6.07) is 0. The quantitative estimate of drug-likeness (QED) is 0.506. The molecule has 0 unspecified atom stereocenters. The Hall–Kier alpha value is 0.0900. The van der Waals surface area contributed by atoms with E-state index in [4.69, 9.17) is 26.2 Å². The van der Waals surface area contributed by atoms with Crippen LogP contribution < -0.4 is 0 Å². The van der Waals surface area contributed by atoms with Crippen molar-refractivity contribution in [2.24, 2.45) is 0 Å². The highest BCUT2D eigenvalue weighted by Gasteiger charge is 2.37. The predicted molar refractivity (Wildman–Crippen MR) is 44.4 cm³/mol. The minimum atomic E-state index is -1.23. The van der Waals surface area contributed by atoms with Crippen molar-refractivity contribution in [2.45, 2.75) is 24.6 Å². The summed E-state index contributed by atoms with van der Waals surface area (Å²) in [6.07, 6.45) is -4.43. The third-order valence-corrected chi connectivity index (χ3v) is 1.97. The molecule has 0 spiro atoms. The molecule has 78 valence electrons. The first-order valence-electron chi connectivity index (χ1n) is 4.00. The molecule has 4 atom stereocenters. The van der Waals surface area contributed by atoms with Gasteiger partial charge in [-0.05, 0) is 0 Å². The van der Waals surface area contributed by atoms with Crippen molar-refractivity contribution in [3.05, 3.63) is 0 Å². The molecule has 0 aromatic carbocycles. The average Bonchev–Trinajstić information content (AvgIpc) is 2.13. The predicted octanol–water partition coefficient (Wildman–Crippen LogP) is -1.32. The number of hydrogen-bond acceptors (Lipinski definition) is 5. The van der Waals surface area contributed by atoms with Gasteiger partial charge in [-0.2, -0.15) is 0 Å². The second-order valence-corrected chi connectivity index (χ2v) is 3.19. The Morgan fingerprint density at radius 1 is 1.31 bits per heavy atom. The van der Waals surface area contributed by atoms with Gasteiger partial charge in [-0.15, -0.1) is 11.6 Å². The third-order valence-electron chi connectivity index (χ3n) is 1.81. The fourth-order valence-electron chi connectivity index (χ4n) is 1.09. The van der Waals surface area contributed by atoms with E-state index >= 15 is 0 Å². The standard InChI is InChI=1S/C7H13ClO5/c8-1-2-12-7-6(11)5(10)4(9)3-13-7/h4-7,9-11H,1-3H2/t4-,5-,6+,7-/m1/s1. The van der Waals surface area contributed by atoms with Gasteiger partial charge in [0.2, 0.25) is 0 Å². The number of hydrogen-bond donors (Lipinski definition) is 3. The Balaban J connectivity index is 2.39. The number of ether oxygens (including phenoxy) is 2. The number of halogens is 1. The SMILES string of the molecule is O[C@@H]1[C@H](OCCCl)OC[C@@H](O)[C@H]1O. The highest BCUT2D eigenvalue weighted by molar-refractivity contribution is 6.17. The second kappa shape index (κ2) is 5.09. The minimum Gasteiger partial charge on any atom is -0.388 e. The molecule has 1 aliphatic rings. The lowest BCUT2D eigenvalue weighted by molar-refractivity contribution is -0.268.